The van der Waals surface area contributed by atoms with Crippen molar-refractivity contribution in [3.05, 3.63) is 28.3 Å². The predicted octanol–water partition coefficient (Wildman–Crippen LogP) is 1.36. The normalized spacial score (nSPS) is 10.9. The lowest BCUT2D eigenvalue weighted by atomic mass is 10.2. The van der Waals surface area contributed by atoms with Crippen molar-refractivity contribution in [2.75, 3.05) is 6.26 Å². The maximum absolute atomic E-state index is 11.8. The fourth-order valence-corrected chi connectivity index (χ4v) is 1.86. The molecule has 0 fully saturated rings. The maximum atomic E-state index is 11.8. The van der Waals surface area contributed by atoms with Crippen molar-refractivity contribution < 1.29 is 0 Å². The summed E-state index contributed by atoms with van der Waals surface area (Å²) in [6.45, 7) is 1.94. The molecular formula is C10H11N3OS. The summed E-state index contributed by atoms with van der Waals surface area (Å²) in [5.41, 5.74) is 1.69. The molecular weight excluding hydrogens is 210 g/mol. The first-order chi connectivity index (χ1) is 7.13. The van der Waals surface area contributed by atoms with Crippen LogP contribution in [0.2, 0.25) is 0 Å². The van der Waals surface area contributed by atoms with Crippen LogP contribution in [0.1, 0.15) is 5.56 Å². The summed E-state index contributed by atoms with van der Waals surface area (Å²) >= 11 is 1.47. The summed E-state index contributed by atoms with van der Waals surface area (Å²) in [7, 11) is 1.73. The van der Waals surface area contributed by atoms with Gasteiger partial charge in [0.15, 0.2) is 5.16 Å². The number of fused-ring (bicyclic) bond motifs is 1. The van der Waals surface area contributed by atoms with Crippen LogP contribution >= 0.6 is 11.8 Å². The maximum Gasteiger partial charge on any atom is 0.261 e. The van der Waals surface area contributed by atoms with Gasteiger partial charge in [0.1, 0.15) is 0 Å². The zero-order valence-electron chi connectivity index (χ0n) is 8.81. The molecule has 0 saturated carbocycles. The summed E-state index contributed by atoms with van der Waals surface area (Å²) in [6.07, 6.45) is 5.31. The molecule has 2 rings (SSSR count). The SMILES string of the molecule is CSc1ncc2c(=O)n(C)cc(C)c2n1. The summed E-state index contributed by atoms with van der Waals surface area (Å²) in [6, 6.07) is 0. The number of hydrogen-bond acceptors (Lipinski definition) is 4. The molecule has 78 valence electrons. The van der Waals surface area contributed by atoms with Gasteiger partial charge in [-0.25, -0.2) is 9.97 Å². The number of rotatable bonds is 1. The average molecular weight is 221 g/mol. The predicted molar refractivity (Wildman–Crippen MR) is 61.3 cm³/mol. The van der Waals surface area contributed by atoms with Gasteiger partial charge in [-0.1, -0.05) is 11.8 Å². The molecule has 0 atom stereocenters. The Morgan fingerprint density at radius 3 is 2.87 bits per heavy atom. The van der Waals surface area contributed by atoms with Crippen molar-refractivity contribution in [3.8, 4) is 0 Å². The molecule has 0 saturated heterocycles. The van der Waals surface area contributed by atoms with Gasteiger partial charge in [-0.15, -0.1) is 0 Å². The first kappa shape index (κ1) is 10.2. The van der Waals surface area contributed by atoms with Crippen LogP contribution in [0.4, 0.5) is 0 Å². The molecule has 0 radical (unpaired) electrons. The number of hydrogen-bond donors (Lipinski definition) is 0. The van der Waals surface area contributed by atoms with Crippen molar-refractivity contribution in [1.82, 2.24) is 14.5 Å². The first-order valence-electron chi connectivity index (χ1n) is 4.50. The van der Waals surface area contributed by atoms with Crippen LogP contribution in [-0.4, -0.2) is 20.8 Å². The van der Waals surface area contributed by atoms with Gasteiger partial charge in [-0.2, -0.15) is 0 Å². The minimum Gasteiger partial charge on any atom is -0.318 e. The molecule has 0 aliphatic rings. The quantitative estimate of drug-likeness (QED) is 0.539. The molecule has 0 N–H and O–H groups in total. The number of aromatic nitrogens is 3. The van der Waals surface area contributed by atoms with Gasteiger partial charge in [0.25, 0.3) is 5.56 Å². The highest BCUT2D eigenvalue weighted by Gasteiger charge is 2.06. The third-order valence-electron chi connectivity index (χ3n) is 2.26. The molecule has 0 aliphatic carbocycles. The largest absolute Gasteiger partial charge is 0.318 e. The smallest absolute Gasteiger partial charge is 0.261 e. The highest BCUT2D eigenvalue weighted by atomic mass is 32.2. The Hall–Kier alpha value is -1.36. The van der Waals surface area contributed by atoms with E-state index in [-0.39, 0.29) is 5.56 Å². The Labute approximate surface area is 91.4 Å². The van der Waals surface area contributed by atoms with E-state index in [0.717, 1.165) is 11.1 Å². The lowest BCUT2D eigenvalue weighted by molar-refractivity contribution is 0.858. The lowest BCUT2D eigenvalue weighted by Gasteiger charge is -2.04. The third kappa shape index (κ3) is 1.63. The fraction of sp³-hybridized carbons (Fsp3) is 0.300. The number of thioether (sulfide) groups is 1. The van der Waals surface area contributed by atoms with Crippen molar-refractivity contribution in [2.24, 2.45) is 7.05 Å². The van der Waals surface area contributed by atoms with Crippen LogP contribution in [0, 0.1) is 6.92 Å². The summed E-state index contributed by atoms with van der Waals surface area (Å²) in [5, 5.41) is 1.27. The van der Waals surface area contributed by atoms with Crippen LogP contribution in [0.5, 0.6) is 0 Å². The summed E-state index contributed by atoms with van der Waals surface area (Å²) in [4.78, 5) is 20.2. The zero-order valence-corrected chi connectivity index (χ0v) is 9.63. The minimum absolute atomic E-state index is 0.0525. The fourth-order valence-electron chi connectivity index (χ4n) is 1.52. The van der Waals surface area contributed by atoms with Crippen LogP contribution in [0.25, 0.3) is 10.9 Å². The topological polar surface area (TPSA) is 47.8 Å². The molecule has 5 heteroatoms. The van der Waals surface area contributed by atoms with E-state index in [1.807, 2.05) is 13.2 Å². The van der Waals surface area contributed by atoms with Crippen molar-refractivity contribution >= 4 is 22.7 Å². The van der Waals surface area contributed by atoms with Gasteiger partial charge in [0.2, 0.25) is 0 Å². The average Bonchev–Trinajstić information content (AvgIpc) is 2.25. The summed E-state index contributed by atoms with van der Waals surface area (Å²) < 4.78 is 1.56. The molecule has 0 spiro atoms. The van der Waals surface area contributed by atoms with Crippen molar-refractivity contribution in [2.45, 2.75) is 12.1 Å². The van der Waals surface area contributed by atoms with E-state index in [1.54, 1.807) is 24.0 Å². The molecule has 0 bridgehead atoms. The molecule has 0 aliphatic heterocycles. The van der Waals surface area contributed by atoms with Crippen LogP contribution < -0.4 is 5.56 Å². The van der Waals surface area contributed by atoms with Crippen LogP contribution in [0.15, 0.2) is 22.3 Å². The Balaban J connectivity index is 2.90. The molecule has 0 aromatic carbocycles. The molecule has 2 heterocycles. The van der Waals surface area contributed by atoms with Gasteiger partial charge in [-0.05, 0) is 18.7 Å². The van der Waals surface area contributed by atoms with Crippen LogP contribution in [0.3, 0.4) is 0 Å². The third-order valence-corrected chi connectivity index (χ3v) is 2.82. The molecule has 2 aromatic heterocycles. The first-order valence-corrected chi connectivity index (χ1v) is 5.73. The van der Waals surface area contributed by atoms with E-state index in [9.17, 15) is 4.79 Å². The van der Waals surface area contributed by atoms with E-state index in [0.29, 0.717) is 10.5 Å². The Bertz CT molecular complexity index is 577. The van der Waals surface area contributed by atoms with Gasteiger partial charge in [-0.3, -0.25) is 4.79 Å². The molecule has 0 amide bonds. The Kier molecular flexibility index (Phi) is 2.48. The summed E-state index contributed by atoms with van der Waals surface area (Å²) in [5.74, 6) is 0. The molecule has 15 heavy (non-hydrogen) atoms. The molecule has 4 nitrogen and oxygen atoms in total. The minimum atomic E-state index is -0.0525. The van der Waals surface area contributed by atoms with Crippen molar-refractivity contribution in [1.29, 1.82) is 0 Å². The van der Waals surface area contributed by atoms with Crippen LogP contribution in [-0.2, 0) is 7.05 Å². The molecule has 0 unspecified atom stereocenters. The van der Waals surface area contributed by atoms with E-state index in [1.165, 1.54) is 11.8 Å². The van der Waals surface area contributed by atoms with Crippen molar-refractivity contribution in [3.63, 3.8) is 0 Å². The van der Waals surface area contributed by atoms with E-state index >= 15 is 0 Å². The number of nitrogens with zero attached hydrogens (tertiary/aromatic N) is 3. The second-order valence-electron chi connectivity index (χ2n) is 3.35. The van der Waals surface area contributed by atoms with E-state index < -0.39 is 0 Å². The van der Waals surface area contributed by atoms with Gasteiger partial charge < -0.3 is 4.57 Å². The Morgan fingerprint density at radius 1 is 1.47 bits per heavy atom. The standard InChI is InChI=1S/C10H11N3OS/c1-6-5-13(2)9(14)7-4-11-10(15-3)12-8(6)7/h4-5H,1-3H3. The molecule has 2 aromatic rings. The second kappa shape index (κ2) is 3.66. The highest BCUT2D eigenvalue weighted by Crippen LogP contribution is 2.15. The lowest BCUT2D eigenvalue weighted by Crippen LogP contribution is -2.17. The van der Waals surface area contributed by atoms with E-state index in [2.05, 4.69) is 9.97 Å². The van der Waals surface area contributed by atoms with E-state index in [4.69, 9.17) is 0 Å². The zero-order chi connectivity index (χ0) is 11.0. The van der Waals surface area contributed by atoms with Gasteiger partial charge in [0.05, 0.1) is 10.9 Å². The monoisotopic (exact) mass is 221 g/mol. The Morgan fingerprint density at radius 2 is 2.20 bits per heavy atom. The number of pyridine rings is 1. The van der Waals surface area contributed by atoms with Gasteiger partial charge in [0, 0.05) is 19.4 Å². The van der Waals surface area contributed by atoms with Gasteiger partial charge >= 0.3 is 0 Å². The second-order valence-corrected chi connectivity index (χ2v) is 4.12. The number of aryl methyl sites for hydroxylation is 2. The highest BCUT2D eigenvalue weighted by molar-refractivity contribution is 7.98.